The Morgan fingerprint density at radius 2 is 1.79 bits per heavy atom. The SMILES string of the molecule is CCOc1cc(CNc2cccc(C)c2)cc(Cl)c1OCc1cccc(F)c1. The van der Waals surface area contributed by atoms with Crippen molar-refractivity contribution in [3.8, 4) is 11.5 Å². The summed E-state index contributed by atoms with van der Waals surface area (Å²) < 4.78 is 24.9. The van der Waals surface area contributed by atoms with E-state index in [1.807, 2.05) is 31.2 Å². The van der Waals surface area contributed by atoms with Gasteiger partial charge in [0, 0.05) is 12.2 Å². The number of aryl methyl sites for hydroxylation is 1. The van der Waals surface area contributed by atoms with E-state index in [1.54, 1.807) is 12.1 Å². The second-order valence-electron chi connectivity index (χ2n) is 6.48. The second kappa shape index (κ2) is 9.47. The Morgan fingerprint density at radius 1 is 0.964 bits per heavy atom. The number of ether oxygens (including phenoxy) is 2. The van der Waals surface area contributed by atoms with Gasteiger partial charge in [-0.25, -0.2) is 4.39 Å². The van der Waals surface area contributed by atoms with Gasteiger partial charge < -0.3 is 14.8 Å². The van der Waals surface area contributed by atoms with E-state index in [2.05, 4.69) is 24.4 Å². The predicted octanol–water partition coefficient (Wildman–Crippen LogP) is 6.38. The van der Waals surface area contributed by atoms with Gasteiger partial charge in [-0.05, 0) is 66.9 Å². The maximum atomic E-state index is 13.4. The van der Waals surface area contributed by atoms with Crippen LogP contribution in [0.2, 0.25) is 5.02 Å². The lowest BCUT2D eigenvalue weighted by atomic mass is 10.1. The van der Waals surface area contributed by atoms with Gasteiger partial charge in [0.05, 0.1) is 11.6 Å². The Hall–Kier alpha value is -2.72. The molecule has 3 aromatic carbocycles. The first-order chi connectivity index (χ1) is 13.5. The molecule has 0 aliphatic heterocycles. The molecule has 146 valence electrons. The molecule has 0 bridgehead atoms. The molecule has 28 heavy (non-hydrogen) atoms. The lowest BCUT2D eigenvalue weighted by molar-refractivity contribution is 0.269. The second-order valence-corrected chi connectivity index (χ2v) is 6.89. The predicted molar refractivity (Wildman–Crippen MR) is 112 cm³/mol. The maximum Gasteiger partial charge on any atom is 0.180 e. The molecule has 3 aromatic rings. The summed E-state index contributed by atoms with van der Waals surface area (Å²) in [6.07, 6.45) is 0. The summed E-state index contributed by atoms with van der Waals surface area (Å²) >= 11 is 6.47. The van der Waals surface area contributed by atoms with Crippen LogP contribution in [0.15, 0.2) is 60.7 Å². The number of rotatable bonds is 8. The highest BCUT2D eigenvalue weighted by atomic mass is 35.5. The number of anilines is 1. The molecule has 0 fully saturated rings. The summed E-state index contributed by atoms with van der Waals surface area (Å²) in [6, 6.07) is 18.2. The van der Waals surface area contributed by atoms with Gasteiger partial charge in [0.2, 0.25) is 0 Å². The smallest absolute Gasteiger partial charge is 0.180 e. The lowest BCUT2D eigenvalue weighted by Crippen LogP contribution is -2.04. The van der Waals surface area contributed by atoms with E-state index in [9.17, 15) is 4.39 Å². The molecule has 3 rings (SSSR count). The molecule has 3 nitrogen and oxygen atoms in total. The van der Waals surface area contributed by atoms with Crippen LogP contribution in [0.3, 0.4) is 0 Å². The molecule has 5 heteroatoms. The highest BCUT2D eigenvalue weighted by Crippen LogP contribution is 2.37. The minimum Gasteiger partial charge on any atom is -0.490 e. The van der Waals surface area contributed by atoms with Crippen molar-refractivity contribution in [1.29, 1.82) is 0 Å². The molecule has 0 saturated heterocycles. The van der Waals surface area contributed by atoms with E-state index in [4.69, 9.17) is 21.1 Å². The monoisotopic (exact) mass is 399 g/mol. The summed E-state index contributed by atoms with van der Waals surface area (Å²) in [4.78, 5) is 0. The fraction of sp³-hybridized carbons (Fsp3) is 0.217. The number of hydrogen-bond acceptors (Lipinski definition) is 3. The first kappa shape index (κ1) is 20.0. The molecule has 0 spiro atoms. The van der Waals surface area contributed by atoms with E-state index in [0.29, 0.717) is 29.7 Å². The molecule has 0 heterocycles. The van der Waals surface area contributed by atoms with Gasteiger partial charge in [0.15, 0.2) is 11.5 Å². The first-order valence-electron chi connectivity index (χ1n) is 9.18. The van der Waals surface area contributed by atoms with Crippen molar-refractivity contribution in [3.63, 3.8) is 0 Å². The van der Waals surface area contributed by atoms with Crippen molar-refractivity contribution in [3.05, 3.63) is 88.2 Å². The summed E-state index contributed by atoms with van der Waals surface area (Å²) in [7, 11) is 0. The number of hydrogen-bond donors (Lipinski definition) is 1. The molecule has 0 saturated carbocycles. The minimum atomic E-state index is -0.296. The fourth-order valence-corrected chi connectivity index (χ4v) is 3.16. The molecule has 0 aliphatic rings. The fourth-order valence-electron chi connectivity index (χ4n) is 2.87. The Morgan fingerprint density at radius 3 is 2.54 bits per heavy atom. The summed E-state index contributed by atoms with van der Waals surface area (Å²) in [6.45, 7) is 5.26. The average molecular weight is 400 g/mol. The van der Waals surface area contributed by atoms with E-state index in [1.165, 1.54) is 17.7 Å². The third-order valence-corrected chi connectivity index (χ3v) is 4.44. The molecule has 0 radical (unpaired) electrons. The van der Waals surface area contributed by atoms with Crippen molar-refractivity contribution in [1.82, 2.24) is 0 Å². The molecule has 0 atom stereocenters. The van der Waals surface area contributed by atoms with Gasteiger partial charge in [0.1, 0.15) is 12.4 Å². The summed E-state index contributed by atoms with van der Waals surface area (Å²) in [5, 5.41) is 3.85. The Bertz CT molecular complexity index is 946. The Labute approximate surface area is 170 Å². The van der Waals surface area contributed by atoms with E-state index >= 15 is 0 Å². The van der Waals surface area contributed by atoms with Crippen LogP contribution < -0.4 is 14.8 Å². The van der Waals surface area contributed by atoms with Gasteiger partial charge in [0.25, 0.3) is 0 Å². The molecule has 1 N–H and O–H groups in total. The van der Waals surface area contributed by atoms with Crippen LogP contribution in [-0.2, 0) is 13.2 Å². The molecule has 0 amide bonds. The molecule has 0 aliphatic carbocycles. The van der Waals surface area contributed by atoms with Crippen molar-refractivity contribution < 1.29 is 13.9 Å². The highest BCUT2D eigenvalue weighted by molar-refractivity contribution is 6.32. The van der Waals surface area contributed by atoms with Crippen LogP contribution in [0.5, 0.6) is 11.5 Å². The minimum absolute atomic E-state index is 0.207. The number of nitrogens with one attached hydrogen (secondary N) is 1. The summed E-state index contributed by atoms with van der Waals surface area (Å²) in [5.41, 5.74) is 3.94. The van der Waals surface area contributed by atoms with Crippen LogP contribution in [0.4, 0.5) is 10.1 Å². The zero-order valence-electron chi connectivity index (χ0n) is 16.0. The summed E-state index contributed by atoms with van der Waals surface area (Å²) in [5.74, 6) is 0.745. The quantitative estimate of drug-likeness (QED) is 0.477. The van der Waals surface area contributed by atoms with Gasteiger partial charge in [-0.1, -0.05) is 35.9 Å². The normalized spacial score (nSPS) is 10.6. The van der Waals surface area contributed by atoms with E-state index < -0.39 is 0 Å². The largest absolute Gasteiger partial charge is 0.490 e. The maximum absolute atomic E-state index is 13.4. The van der Waals surface area contributed by atoms with Crippen LogP contribution >= 0.6 is 11.6 Å². The van der Waals surface area contributed by atoms with Crippen molar-refractivity contribution >= 4 is 17.3 Å². The zero-order chi connectivity index (χ0) is 19.9. The van der Waals surface area contributed by atoms with Crippen LogP contribution in [0, 0.1) is 12.7 Å². The van der Waals surface area contributed by atoms with Crippen LogP contribution in [0.25, 0.3) is 0 Å². The third kappa shape index (κ3) is 5.40. The van der Waals surface area contributed by atoms with E-state index in [-0.39, 0.29) is 12.4 Å². The van der Waals surface area contributed by atoms with Crippen molar-refractivity contribution in [2.45, 2.75) is 27.0 Å². The van der Waals surface area contributed by atoms with Gasteiger partial charge in [-0.2, -0.15) is 0 Å². The first-order valence-corrected chi connectivity index (χ1v) is 9.56. The molecule has 0 unspecified atom stereocenters. The molecular formula is C23H23ClFNO2. The van der Waals surface area contributed by atoms with Crippen LogP contribution in [0.1, 0.15) is 23.6 Å². The Balaban J connectivity index is 1.75. The van der Waals surface area contributed by atoms with Crippen molar-refractivity contribution in [2.24, 2.45) is 0 Å². The van der Waals surface area contributed by atoms with Crippen molar-refractivity contribution in [2.75, 3.05) is 11.9 Å². The molecule has 0 aromatic heterocycles. The number of halogens is 2. The Kier molecular flexibility index (Phi) is 6.77. The standard InChI is InChI=1S/C23H23ClFNO2/c1-3-27-22-13-18(14-26-20-9-4-6-16(2)10-20)12-21(24)23(22)28-15-17-7-5-8-19(25)11-17/h4-13,26H,3,14-15H2,1-2H3. The number of benzene rings is 3. The van der Waals surface area contributed by atoms with Gasteiger partial charge >= 0.3 is 0 Å². The van der Waals surface area contributed by atoms with Gasteiger partial charge in [-0.15, -0.1) is 0 Å². The molecular weight excluding hydrogens is 377 g/mol. The van der Waals surface area contributed by atoms with E-state index in [0.717, 1.165) is 16.8 Å². The topological polar surface area (TPSA) is 30.5 Å². The lowest BCUT2D eigenvalue weighted by Gasteiger charge is -2.16. The van der Waals surface area contributed by atoms with Gasteiger partial charge in [-0.3, -0.25) is 0 Å². The van der Waals surface area contributed by atoms with Crippen LogP contribution in [-0.4, -0.2) is 6.61 Å². The highest BCUT2D eigenvalue weighted by Gasteiger charge is 2.13. The third-order valence-electron chi connectivity index (χ3n) is 4.16. The average Bonchev–Trinajstić information content (AvgIpc) is 2.66. The zero-order valence-corrected chi connectivity index (χ0v) is 16.7.